The number of hydrogen-bond donors (Lipinski definition) is 0. The molecule has 0 fully saturated rings. The van der Waals surface area contributed by atoms with Crippen LogP contribution in [-0.4, -0.2) is 12.2 Å². The lowest BCUT2D eigenvalue weighted by Gasteiger charge is -2.26. The minimum atomic E-state index is -0.102. The first-order chi connectivity index (χ1) is 7.24. The molecular formula is C13H23ClO. The van der Waals surface area contributed by atoms with Crippen molar-refractivity contribution in [2.75, 3.05) is 5.88 Å². The van der Waals surface area contributed by atoms with Crippen LogP contribution < -0.4 is 0 Å². The van der Waals surface area contributed by atoms with Crippen LogP contribution in [0, 0.1) is 5.41 Å². The molecule has 2 heteroatoms. The summed E-state index contributed by atoms with van der Waals surface area (Å²) in [4.78, 5) is 11.2. The zero-order valence-corrected chi connectivity index (χ0v) is 10.6. The maximum Gasteiger partial charge on any atom is 0.126 e. The quantitative estimate of drug-likeness (QED) is 0.236. The average molecular weight is 231 g/mol. The van der Waals surface area contributed by atoms with E-state index in [1.54, 1.807) is 0 Å². The molecule has 0 aliphatic heterocycles. The minimum absolute atomic E-state index is 0.102. The largest absolute Gasteiger partial charge is 0.303 e. The summed E-state index contributed by atoms with van der Waals surface area (Å²) in [5.74, 6) is 0.700. The van der Waals surface area contributed by atoms with Gasteiger partial charge in [0.25, 0.3) is 0 Å². The zero-order chi connectivity index (χ0) is 11.6. The van der Waals surface area contributed by atoms with E-state index < -0.39 is 0 Å². The Morgan fingerprint density at radius 3 is 2.40 bits per heavy atom. The van der Waals surface area contributed by atoms with Crippen LogP contribution in [0.4, 0.5) is 0 Å². The van der Waals surface area contributed by atoms with Gasteiger partial charge in [-0.3, -0.25) is 0 Å². The third-order valence-corrected chi connectivity index (χ3v) is 3.36. The highest BCUT2D eigenvalue weighted by Gasteiger charge is 2.26. The Bertz CT molecular complexity index is 179. The SMILES string of the molecule is C=CCCCC(C=O)(CC)CCCCCl. The fourth-order valence-corrected chi connectivity index (χ4v) is 2.04. The van der Waals surface area contributed by atoms with Crippen molar-refractivity contribution in [2.45, 2.75) is 51.9 Å². The number of alkyl halides is 1. The molecule has 0 aromatic carbocycles. The van der Waals surface area contributed by atoms with Gasteiger partial charge in [-0.1, -0.05) is 19.4 Å². The van der Waals surface area contributed by atoms with Gasteiger partial charge in [-0.05, 0) is 38.5 Å². The van der Waals surface area contributed by atoms with E-state index in [9.17, 15) is 4.79 Å². The minimum Gasteiger partial charge on any atom is -0.303 e. The molecule has 0 radical (unpaired) electrons. The van der Waals surface area contributed by atoms with Crippen molar-refractivity contribution < 1.29 is 4.79 Å². The Balaban J connectivity index is 4.04. The lowest BCUT2D eigenvalue weighted by molar-refractivity contribution is -0.117. The molecule has 0 saturated carbocycles. The lowest BCUT2D eigenvalue weighted by Crippen LogP contribution is -2.21. The zero-order valence-electron chi connectivity index (χ0n) is 9.80. The topological polar surface area (TPSA) is 17.1 Å². The van der Waals surface area contributed by atoms with Gasteiger partial charge in [0.1, 0.15) is 6.29 Å². The van der Waals surface area contributed by atoms with E-state index in [0.717, 1.165) is 51.2 Å². The lowest BCUT2D eigenvalue weighted by atomic mass is 9.77. The molecule has 0 bridgehead atoms. The number of halogens is 1. The third-order valence-electron chi connectivity index (χ3n) is 3.10. The molecule has 88 valence electrons. The smallest absolute Gasteiger partial charge is 0.126 e. The Hall–Kier alpha value is -0.300. The van der Waals surface area contributed by atoms with Crippen LogP contribution in [0.2, 0.25) is 0 Å². The van der Waals surface area contributed by atoms with E-state index in [4.69, 9.17) is 11.6 Å². The molecule has 1 nitrogen and oxygen atoms in total. The van der Waals surface area contributed by atoms with Crippen molar-refractivity contribution >= 4 is 17.9 Å². The number of carbonyl (C=O) groups excluding carboxylic acids is 1. The summed E-state index contributed by atoms with van der Waals surface area (Å²) in [5.41, 5.74) is -0.102. The molecule has 15 heavy (non-hydrogen) atoms. The fraction of sp³-hybridized carbons (Fsp3) is 0.769. The van der Waals surface area contributed by atoms with Crippen molar-refractivity contribution in [1.29, 1.82) is 0 Å². The van der Waals surface area contributed by atoms with Gasteiger partial charge >= 0.3 is 0 Å². The van der Waals surface area contributed by atoms with Crippen LogP contribution in [0.15, 0.2) is 12.7 Å². The van der Waals surface area contributed by atoms with Crippen LogP contribution in [-0.2, 0) is 4.79 Å². The summed E-state index contributed by atoms with van der Waals surface area (Å²) in [6, 6.07) is 0. The van der Waals surface area contributed by atoms with Crippen molar-refractivity contribution in [3.63, 3.8) is 0 Å². The van der Waals surface area contributed by atoms with Crippen LogP contribution in [0.3, 0.4) is 0 Å². The fourth-order valence-electron chi connectivity index (χ4n) is 1.85. The second kappa shape index (κ2) is 8.96. The maximum absolute atomic E-state index is 11.2. The average Bonchev–Trinajstić information content (AvgIpc) is 2.28. The summed E-state index contributed by atoms with van der Waals surface area (Å²) in [6.45, 7) is 5.80. The highest BCUT2D eigenvalue weighted by Crippen LogP contribution is 2.32. The molecule has 0 amide bonds. The van der Waals surface area contributed by atoms with Crippen molar-refractivity contribution in [3.8, 4) is 0 Å². The normalized spacial score (nSPS) is 14.5. The van der Waals surface area contributed by atoms with Crippen molar-refractivity contribution in [1.82, 2.24) is 0 Å². The number of unbranched alkanes of at least 4 members (excludes halogenated alkanes) is 2. The van der Waals surface area contributed by atoms with Gasteiger partial charge in [-0.15, -0.1) is 18.2 Å². The first kappa shape index (κ1) is 14.7. The molecule has 0 aromatic heterocycles. The second-order valence-electron chi connectivity index (χ2n) is 4.16. The van der Waals surface area contributed by atoms with E-state index in [2.05, 4.69) is 13.5 Å². The van der Waals surface area contributed by atoms with E-state index in [0.29, 0.717) is 5.88 Å². The van der Waals surface area contributed by atoms with E-state index in [1.165, 1.54) is 0 Å². The van der Waals surface area contributed by atoms with Gasteiger partial charge in [0.05, 0.1) is 0 Å². The number of aldehydes is 1. The van der Waals surface area contributed by atoms with E-state index in [-0.39, 0.29) is 5.41 Å². The summed E-state index contributed by atoms with van der Waals surface area (Å²) in [6.07, 6.45) is 10.1. The van der Waals surface area contributed by atoms with Crippen LogP contribution >= 0.6 is 11.6 Å². The van der Waals surface area contributed by atoms with Gasteiger partial charge < -0.3 is 4.79 Å². The molecule has 1 atom stereocenters. The molecule has 1 unspecified atom stereocenters. The molecule has 0 saturated heterocycles. The summed E-state index contributed by atoms with van der Waals surface area (Å²) in [5, 5.41) is 0. The second-order valence-corrected chi connectivity index (χ2v) is 4.54. The van der Waals surface area contributed by atoms with Gasteiger partial charge in [-0.2, -0.15) is 0 Å². The standard InChI is InChI=1S/C13H23ClO/c1-3-5-6-9-13(4-2,12-15)10-7-8-11-14/h3,12H,1,4-11H2,2H3. The number of carbonyl (C=O) groups is 1. The Labute approximate surface area is 98.9 Å². The molecular weight excluding hydrogens is 208 g/mol. The Kier molecular flexibility index (Phi) is 8.79. The number of rotatable bonds is 10. The Morgan fingerprint density at radius 1 is 1.27 bits per heavy atom. The van der Waals surface area contributed by atoms with Gasteiger partial charge in [0.2, 0.25) is 0 Å². The van der Waals surface area contributed by atoms with Gasteiger partial charge in [0, 0.05) is 11.3 Å². The molecule has 0 aromatic rings. The molecule has 0 N–H and O–H groups in total. The molecule has 0 heterocycles. The predicted octanol–water partition coefficient (Wildman–Crippen LogP) is 4.35. The monoisotopic (exact) mass is 230 g/mol. The number of hydrogen-bond acceptors (Lipinski definition) is 1. The molecule has 0 aliphatic rings. The highest BCUT2D eigenvalue weighted by molar-refractivity contribution is 6.17. The van der Waals surface area contributed by atoms with Gasteiger partial charge in [0.15, 0.2) is 0 Å². The molecule has 0 rings (SSSR count). The summed E-state index contributed by atoms with van der Waals surface area (Å²) >= 11 is 5.64. The first-order valence-electron chi connectivity index (χ1n) is 5.88. The van der Waals surface area contributed by atoms with E-state index in [1.807, 2.05) is 6.08 Å². The highest BCUT2D eigenvalue weighted by atomic mass is 35.5. The summed E-state index contributed by atoms with van der Waals surface area (Å²) in [7, 11) is 0. The summed E-state index contributed by atoms with van der Waals surface area (Å²) < 4.78 is 0. The number of allylic oxidation sites excluding steroid dienone is 1. The van der Waals surface area contributed by atoms with Crippen molar-refractivity contribution in [2.24, 2.45) is 5.41 Å². The van der Waals surface area contributed by atoms with Crippen LogP contribution in [0.25, 0.3) is 0 Å². The van der Waals surface area contributed by atoms with E-state index >= 15 is 0 Å². The molecule has 0 aliphatic carbocycles. The first-order valence-corrected chi connectivity index (χ1v) is 6.41. The van der Waals surface area contributed by atoms with Crippen LogP contribution in [0.1, 0.15) is 51.9 Å². The van der Waals surface area contributed by atoms with Gasteiger partial charge in [-0.25, -0.2) is 0 Å². The predicted molar refractivity (Wildman–Crippen MR) is 67.4 cm³/mol. The van der Waals surface area contributed by atoms with Crippen LogP contribution in [0.5, 0.6) is 0 Å². The van der Waals surface area contributed by atoms with Crippen molar-refractivity contribution in [3.05, 3.63) is 12.7 Å². The Morgan fingerprint density at radius 2 is 1.93 bits per heavy atom. The molecule has 0 spiro atoms. The maximum atomic E-state index is 11.2. The third kappa shape index (κ3) is 5.99.